The maximum atomic E-state index is 9.33. The van der Waals surface area contributed by atoms with E-state index in [1.165, 1.54) is 11.8 Å². The van der Waals surface area contributed by atoms with Gasteiger partial charge in [-0.25, -0.2) is 5.43 Å². The normalized spacial score (nSPS) is 23.9. The van der Waals surface area contributed by atoms with Crippen LogP contribution in [0, 0.1) is 0 Å². The second kappa shape index (κ2) is 2.65. The molecule has 0 aromatic rings. The number of nitrogens with one attached hydrogen (secondary N) is 2. The van der Waals surface area contributed by atoms with Crippen LogP contribution in [-0.4, -0.2) is 11.7 Å². The summed E-state index contributed by atoms with van der Waals surface area (Å²) in [6, 6.07) is 0. The molecule has 2 aliphatic heterocycles. The summed E-state index contributed by atoms with van der Waals surface area (Å²) in [4.78, 5) is 0. The van der Waals surface area contributed by atoms with Crippen LogP contribution in [0.5, 0.6) is 0 Å². The lowest BCUT2D eigenvalue weighted by atomic mass is 9.96. The lowest BCUT2D eigenvalue weighted by molar-refractivity contribution is 0.309. The van der Waals surface area contributed by atoms with Crippen molar-refractivity contribution in [2.45, 2.75) is 6.42 Å². The minimum atomic E-state index is 0.152. The first-order valence-electron chi connectivity index (χ1n) is 4.54. The van der Waals surface area contributed by atoms with Crippen LogP contribution in [0.15, 0.2) is 46.8 Å². The predicted molar refractivity (Wildman–Crippen MR) is 50.7 cm³/mol. The van der Waals surface area contributed by atoms with Crippen molar-refractivity contribution in [3.63, 3.8) is 0 Å². The van der Waals surface area contributed by atoms with Gasteiger partial charge < -0.3 is 15.3 Å². The summed E-state index contributed by atoms with van der Waals surface area (Å²) < 4.78 is 5.28. The molecule has 0 aromatic heterocycles. The van der Waals surface area contributed by atoms with Gasteiger partial charge in [0.05, 0.1) is 5.70 Å². The van der Waals surface area contributed by atoms with Crippen molar-refractivity contribution < 1.29 is 9.84 Å². The van der Waals surface area contributed by atoms with E-state index in [9.17, 15) is 5.11 Å². The third-order valence-corrected chi connectivity index (χ3v) is 2.54. The van der Waals surface area contributed by atoms with E-state index in [-0.39, 0.29) is 5.76 Å². The van der Waals surface area contributed by atoms with Gasteiger partial charge in [0, 0.05) is 12.1 Å². The molecule has 0 fully saturated rings. The SMILES string of the molecule is OC1=COC2=CCC3=C(NNC3)C2=C1. The Morgan fingerprint density at radius 2 is 2.36 bits per heavy atom. The molecule has 4 nitrogen and oxygen atoms in total. The molecule has 14 heavy (non-hydrogen) atoms. The van der Waals surface area contributed by atoms with Crippen LogP contribution in [0.25, 0.3) is 0 Å². The second-order valence-corrected chi connectivity index (χ2v) is 3.45. The number of aliphatic hydroxyl groups excluding tert-OH is 1. The minimum absolute atomic E-state index is 0.152. The molecule has 0 saturated heterocycles. The summed E-state index contributed by atoms with van der Waals surface area (Å²) in [6.45, 7) is 0.848. The number of fused-ring (bicyclic) bond motifs is 2. The van der Waals surface area contributed by atoms with E-state index in [4.69, 9.17) is 4.74 Å². The molecule has 2 heterocycles. The molecule has 0 radical (unpaired) electrons. The Morgan fingerprint density at radius 3 is 3.29 bits per heavy atom. The highest BCUT2D eigenvalue weighted by Crippen LogP contribution is 2.33. The number of rotatable bonds is 0. The van der Waals surface area contributed by atoms with Crippen molar-refractivity contribution in [2.24, 2.45) is 0 Å². The Kier molecular flexibility index (Phi) is 1.46. The molecule has 3 N–H and O–H groups in total. The Balaban J connectivity index is 2.08. The first-order valence-corrected chi connectivity index (χ1v) is 4.54. The van der Waals surface area contributed by atoms with Gasteiger partial charge in [0.15, 0.2) is 5.76 Å². The molecule has 3 rings (SSSR count). The fraction of sp³-hybridized carbons (Fsp3) is 0.200. The standard InChI is InChI=1S/C10H10N2O2/c13-7-3-8-9(14-5-7)2-1-6-4-11-12-10(6)8/h2-3,5,11-13H,1,4H2. The monoisotopic (exact) mass is 190 g/mol. The van der Waals surface area contributed by atoms with Gasteiger partial charge in [-0.1, -0.05) is 0 Å². The van der Waals surface area contributed by atoms with E-state index in [2.05, 4.69) is 10.9 Å². The zero-order valence-corrected chi connectivity index (χ0v) is 7.50. The number of hydrogen-bond acceptors (Lipinski definition) is 4. The largest absolute Gasteiger partial charge is 0.505 e. The summed E-state index contributed by atoms with van der Waals surface area (Å²) >= 11 is 0. The smallest absolute Gasteiger partial charge is 0.151 e. The van der Waals surface area contributed by atoms with Gasteiger partial charge in [-0.3, -0.25) is 0 Å². The van der Waals surface area contributed by atoms with Gasteiger partial charge in [0.2, 0.25) is 0 Å². The molecule has 3 aliphatic rings. The number of allylic oxidation sites excluding steroid dienone is 2. The zero-order chi connectivity index (χ0) is 9.54. The summed E-state index contributed by atoms with van der Waals surface area (Å²) in [6.07, 6.45) is 5.99. The molecular formula is C10H10N2O2. The van der Waals surface area contributed by atoms with Crippen LogP contribution in [-0.2, 0) is 4.74 Å². The number of ether oxygens (including phenoxy) is 1. The number of hydrazine groups is 1. The van der Waals surface area contributed by atoms with Crippen LogP contribution < -0.4 is 10.9 Å². The van der Waals surface area contributed by atoms with Crippen molar-refractivity contribution in [2.75, 3.05) is 6.54 Å². The van der Waals surface area contributed by atoms with E-state index >= 15 is 0 Å². The van der Waals surface area contributed by atoms with Crippen LogP contribution in [0.2, 0.25) is 0 Å². The average Bonchev–Trinajstić information content (AvgIpc) is 2.65. The Labute approximate surface area is 81.2 Å². The van der Waals surface area contributed by atoms with Crippen molar-refractivity contribution in [1.82, 2.24) is 10.9 Å². The second-order valence-electron chi connectivity index (χ2n) is 3.45. The Bertz CT molecular complexity index is 416. The van der Waals surface area contributed by atoms with E-state index in [0.29, 0.717) is 0 Å². The maximum absolute atomic E-state index is 9.33. The lowest BCUT2D eigenvalue weighted by Crippen LogP contribution is -2.25. The van der Waals surface area contributed by atoms with Crippen molar-refractivity contribution in [3.05, 3.63) is 46.8 Å². The molecule has 0 saturated carbocycles. The predicted octanol–water partition coefficient (Wildman–Crippen LogP) is 0.992. The molecular weight excluding hydrogens is 180 g/mol. The van der Waals surface area contributed by atoms with Crippen LogP contribution in [0.3, 0.4) is 0 Å². The summed E-state index contributed by atoms with van der Waals surface area (Å²) in [5.74, 6) is 0.970. The molecule has 4 heteroatoms. The van der Waals surface area contributed by atoms with Crippen molar-refractivity contribution in [1.29, 1.82) is 0 Å². The maximum Gasteiger partial charge on any atom is 0.151 e. The first kappa shape index (κ1) is 7.70. The summed E-state index contributed by atoms with van der Waals surface area (Å²) in [5, 5.41) is 9.33. The van der Waals surface area contributed by atoms with Crippen LogP contribution >= 0.6 is 0 Å². The Morgan fingerprint density at radius 1 is 1.43 bits per heavy atom. The molecule has 0 aromatic carbocycles. The molecule has 1 aliphatic carbocycles. The van der Waals surface area contributed by atoms with Crippen LogP contribution in [0.1, 0.15) is 6.42 Å². The third-order valence-electron chi connectivity index (χ3n) is 2.54. The van der Waals surface area contributed by atoms with E-state index < -0.39 is 0 Å². The van der Waals surface area contributed by atoms with Gasteiger partial charge in [-0.2, -0.15) is 0 Å². The van der Waals surface area contributed by atoms with E-state index in [1.54, 1.807) is 6.08 Å². The molecule has 0 amide bonds. The Hall–Kier alpha value is -1.68. The molecule has 0 bridgehead atoms. The first-order chi connectivity index (χ1) is 6.84. The van der Waals surface area contributed by atoms with Gasteiger partial charge in [0.1, 0.15) is 12.0 Å². The average molecular weight is 190 g/mol. The quantitative estimate of drug-likeness (QED) is 0.533. The summed E-state index contributed by atoms with van der Waals surface area (Å²) in [7, 11) is 0. The van der Waals surface area contributed by atoms with Gasteiger partial charge >= 0.3 is 0 Å². The highest BCUT2D eigenvalue weighted by molar-refractivity contribution is 5.54. The fourth-order valence-electron chi connectivity index (χ4n) is 1.86. The van der Waals surface area contributed by atoms with Gasteiger partial charge in [0.25, 0.3) is 0 Å². The highest BCUT2D eigenvalue weighted by Gasteiger charge is 2.26. The van der Waals surface area contributed by atoms with E-state index in [1.807, 2.05) is 6.08 Å². The number of aliphatic hydroxyl groups is 1. The van der Waals surface area contributed by atoms with Crippen molar-refractivity contribution >= 4 is 0 Å². The topological polar surface area (TPSA) is 53.5 Å². The molecule has 0 spiro atoms. The third kappa shape index (κ3) is 0.975. The molecule has 0 atom stereocenters. The van der Waals surface area contributed by atoms with Gasteiger partial charge in [-0.15, -0.1) is 0 Å². The highest BCUT2D eigenvalue weighted by atomic mass is 16.5. The number of hydrogen-bond donors (Lipinski definition) is 3. The fourth-order valence-corrected chi connectivity index (χ4v) is 1.86. The minimum Gasteiger partial charge on any atom is -0.505 e. The van der Waals surface area contributed by atoms with Gasteiger partial charge in [-0.05, 0) is 24.1 Å². The van der Waals surface area contributed by atoms with Crippen LogP contribution in [0.4, 0.5) is 0 Å². The molecule has 0 unspecified atom stereocenters. The lowest BCUT2D eigenvalue weighted by Gasteiger charge is -2.20. The zero-order valence-electron chi connectivity index (χ0n) is 7.50. The van der Waals surface area contributed by atoms with E-state index in [0.717, 1.165) is 30.0 Å². The van der Waals surface area contributed by atoms with Crippen molar-refractivity contribution in [3.8, 4) is 0 Å². The molecule has 72 valence electrons. The summed E-state index contributed by atoms with van der Waals surface area (Å²) in [5.41, 5.74) is 9.41.